The van der Waals surface area contributed by atoms with Crippen LogP contribution in [0.2, 0.25) is 0 Å². The number of hydrogen-bond acceptors (Lipinski definition) is 4. The largest absolute Gasteiger partial charge is 0.395 e. The third-order valence-corrected chi connectivity index (χ3v) is 5.34. The van der Waals surface area contributed by atoms with Crippen molar-refractivity contribution in [2.45, 2.75) is 37.8 Å². The summed E-state index contributed by atoms with van der Waals surface area (Å²) in [5, 5.41) is 9.45. The number of rotatable bonds is 2. The Hall–Kier alpha value is -1.01. The van der Waals surface area contributed by atoms with Crippen LogP contribution in [0.25, 0.3) is 0 Å². The zero-order valence-corrected chi connectivity index (χ0v) is 11.6. The van der Waals surface area contributed by atoms with Crippen molar-refractivity contribution in [3.05, 3.63) is 32.6 Å². The van der Waals surface area contributed by atoms with Crippen molar-refractivity contribution in [2.24, 2.45) is 5.41 Å². The molecule has 1 fully saturated rings. The predicted molar refractivity (Wildman–Crippen MR) is 72.0 cm³/mol. The Kier molecular flexibility index (Phi) is 3.42. The van der Waals surface area contributed by atoms with Crippen LogP contribution in [0.3, 0.4) is 0 Å². The van der Waals surface area contributed by atoms with Crippen molar-refractivity contribution >= 4 is 11.8 Å². The van der Waals surface area contributed by atoms with Crippen molar-refractivity contribution in [3.8, 4) is 0 Å². The van der Waals surface area contributed by atoms with E-state index < -0.39 is 0 Å². The Balaban J connectivity index is 2.38. The monoisotopic (exact) mass is 270 g/mol. The highest BCUT2D eigenvalue weighted by atomic mass is 32.2. The third-order valence-electron chi connectivity index (χ3n) is 3.52. The van der Waals surface area contributed by atoms with Crippen LogP contribution in [-0.2, 0) is 0 Å². The number of hydrogen-bond donors (Lipinski definition) is 2. The second-order valence-electron chi connectivity index (χ2n) is 5.43. The van der Waals surface area contributed by atoms with E-state index in [1.54, 1.807) is 29.4 Å². The molecular formula is C12H18N2O3S. The molecule has 1 aliphatic heterocycles. The van der Waals surface area contributed by atoms with E-state index in [-0.39, 0.29) is 33.9 Å². The van der Waals surface area contributed by atoms with Crippen molar-refractivity contribution in [2.75, 3.05) is 6.61 Å². The Morgan fingerprint density at radius 3 is 2.78 bits per heavy atom. The summed E-state index contributed by atoms with van der Waals surface area (Å²) in [4.78, 5) is 25.5. The molecule has 0 aromatic carbocycles. The second-order valence-corrected chi connectivity index (χ2v) is 6.82. The SMILES string of the molecule is Cc1cn(C2CC(C)(C)C(CO)S2)c(=O)[nH]c1=O. The van der Waals surface area contributed by atoms with Crippen LogP contribution in [0.1, 0.15) is 31.2 Å². The lowest BCUT2D eigenvalue weighted by atomic mass is 9.86. The van der Waals surface area contributed by atoms with E-state index in [4.69, 9.17) is 0 Å². The molecular weight excluding hydrogens is 252 g/mol. The predicted octanol–water partition coefficient (Wildman–Crippen LogP) is 0.868. The molecule has 2 N–H and O–H groups in total. The molecule has 1 saturated heterocycles. The molecule has 1 aliphatic rings. The highest BCUT2D eigenvalue weighted by Crippen LogP contribution is 2.51. The molecule has 0 saturated carbocycles. The minimum atomic E-state index is -0.377. The van der Waals surface area contributed by atoms with E-state index in [9.17, 15) is 14.7 Å². The molecule has 2 atom stereocenters. The molecule has 0 radical (unpaired) electrons. The molecule has 0 bridgehead atoms. The molecule has 5 nitrogen and oxygen atoms in total. The first-order chi connectivity index (χ1) is 8.35. The minimum absolute atomic E-state index is 0.0203. The fraction of sp³-hybridized carbons (Fsp3) is 0.667. The molecule has 0 aliphatic carbocycles. The molecule has 1 aromatic heterocycles. The van der Waals surface area contributed by atoms with E-state index in [0.717, 1.165) is 6.42 Å². The normalized spacial score (nSPS) is 26.4. The zero-order chi connectivity index (χ0) is 13.5. The summed E-state index contributed by atoms with van der Waals surface area (Å²) >= 11 is 1.59. The van der Waals surface area contributed by atoms with Gasteiger partial charge in [-0.05, 0) is 18.8 Å². The van der Waals surface area contributed by atoms with Crippen LogP contribution in [0, 0.1) is 12.3 Å². The molecule has 0 amide bonds. The van der Waals surface area contributed by atoms with Crippen LogP contribution in [0.5, 0.6) is 0 Å². The van der Waals surface area contributed by atoms with Gasteiger partial charge in [0.15, 0.2) is 0 Å². The molecule has 18 heavy (non-hydrogen) atoms. The minimum Gasteiger partial charge on any atom is -0.395 e. The number of aliphatic hydroxyl groups excluding tert-OH is 1. The lowest BCUT2D eigenvalue weighted by molar-refractivity contribution is 0.219. The fourth-order valence-electron chi connectivity index (χ4n) is 2.26. The number of thioether (sulfide) groups is 1. The van der Waals surface area contributed by atoms with Gasteiger partial charge in [0.1, 0.15) is 0 Å². The van der Waals surface area contributed by atoms with Gasteiger partial charge in [-0.1, -0.05) is 13.8 Å². The molecule has 2 rings (SSSR count). The van der Waals surface area contributed by atoms with Gasteiger partial charge in [0.25, 0.3) is 5.56 Å². The number of aryl methyl sites for hydroxylation is 1. The molecule has 2 unspecified atom stereocenters. The summed E-state index contributed by atoms with van der Waals surface area (Å²) in [6, 6.07) is 0. The van der Waals surface area contributed by atoms with Gasteiger partial charge in [-0.3, -0.25) is 14.3 Å². The smallest absolute Gasteiger partial charge is 0.329 e. The van der Waals surface area contributed by atoms with Gasteiger partial charge in [0.2, 0.25) is 0 Å². The number of nitrogens with one attached hydrogen (secondary N) is 1. The van der Waals surface area contributed by atoms with Crippen molar-refractivity contribution < 1.29 is 5.11 Å². The van der Waals surface area contributed by atoms with E-state index >= 15 is 0 Å². The summed E-state index contributed by atoms with van der Waals surface area (Å²) in [5.74, 6) is 0. The summed E-state index contributed by atoms with van der Waals surface area (Å²) in [6.45, 7) is 5.96. The fourth-order valence-corrected chi connectivity index (χ4v) is 4.00. The van der Waals surface area contributed by atoms with Crippen LogP contribution in [-0.4, -0.2) is 26.5 Å². The van der Waals surface area contributed by atoms with E-state index in [1.807, 2.05) is 0 Å². The maximum Gasteiger partial charge on any atom is 0.329 e. The molecule has 100 valence electrons. The highest BCUT2D eigenvalue weighted by Gasteiger charge is 2.41. The number of H-pyrrole nitrogens is 1. The second kappa shape index (κ2) is 4.59. The van der Waals surface area contributed by atoms with Crippen molar-refractivity contribution in [3.63, 3.8) is 0 Å². The quantitative estimate of drug-likeness (QED) is 0.836. The summed E-state index contributed by atoms with van der Waals surface area (Å²) in [6.07, 6.45) is 2.41. The lowest BCUT2D eigenvalue weighted by Crippen LogP contribution is -2.32. The van der Waals surface area contributed by atoms with Crippen molar-refractivity contribution in [1.29, 1.82) is 0 Å². The number of nitrogens with zero attached hydrogens (tertiary/aromatic N) is 1. The average Bonchev–Trinajstić information content (AvgIpc) is 2.58. The Morgan fingerprint density at radius 1 is 1.56 bits per heavy atom. The van der Waals surface area contributed by atoms with E-state index in [2.05, 4.69) is 18.8 Å². The summed E-state index contributed by atoms with van der Waals surface area (Å²) < 4.78 is 1.57. The summed E-state index contributed by atoms with van der Waals surface area (Å²) in [7, 11) is 0. The van der Waals surface area contributed by atoms with E-state index in [1.165, 1.54) is 0 Å². The first-order valence-corrected chi connectivity index (χ1v) is 6.88. The number of aromatic nitrogens is 2. The van der Waals surface area contributed by atoms with Gasteiger partial charge in [-0.2, -0.15) is 0 Å². The van der Waals surface area contributed by atoms with Crippen LogP contribution < -0.4 is 11.2 Å². The van der Waals surface area contributed by atoms with Gasteiger partial charge in [-0.25, -0.2) is 4.79 Å². The summed E-state index contributed by atoms with van der Waals surface area (Å²) in [5.41, 5.74) is -0.205. The van der Waals surface area contributed by atoms with Crippen LogP contribution >= 0.6 is 11.8 Å². The number of aromatic amines is 1. The Morgan fingerprint density at radius 2 is 2.22 bits per heavy atom. The number of aliphatic hydroxyl groups is 1. The standard InChI is InChI=1S/C12H18N2O3S/c1-7-5-14(11(17)13-10(7)16)9-4-12(2,3)8(6-15)18-9/h5,8-9,15H,4,6H2,1-3H3,(H,13,16,17). The van der Waals surface area contributed by atoms with Gasteiger partial charge in [-0.15, -0.1) is 11.8 Å². The molecule has 6 heteroatoms. The lowest BCUT2D eigenvalue weighted by Gasteiger charge is -2.23. The van der Waals surface area contributed by atoms with Crippen molar-refractivity contribution in [1.82, 2.24) is 9.55 Å². The molecule has 0 spiro atoms. The van der Waals surface area contributed by atoms with Gasteiger partial charge >= 0.3 is 5.69 Å². The highest BCUT2D eigenvalue weighted by molar-refractivity contribution is 8.00. The first kappa shape index (κ1) is 13.4. The third kappa shape index (κ3) is 2.27. The topological polar surface area (TPSA) is 75.1 Å². The van der Waals surface area contributed by atoms with Gasteiger partial charge < -0.3 is 5.11 Å². The molecule has 1 aromatic rings. The Bertz CT molecular complexity index is 561. The maximum absolute atomic E-state index is 11.8. The average molecular weight is 270 g/mol. The van der Waals surface area contributed by atoms with Crippen LogP contribution in [0.15, 0.2) is 15.8 Å². The van der Waals surface area contributed by atoms with Gasteiger partial charge in [0, 0.05) is 17.0 Å². The van der Waals surface area contributed by atoms with E-state index in [0.29, 0.717) is 5.56 Å². The first-order valence-electron chi connectivity index (χ1n) is 5.93. The zero-order valence-electron chi connectivity index (χ0n) is 10.8. The van der Waals surface area contributed by atoms with Gasteiger partial charge in [0.05, 0.1) is 12.0 Å². The van der Waals surface area contributed by atoms with Crippen LogP contribution in [0.4, 0.5) is 0 Å². The Labute approximate surface area is 109 Å². The maximum atomic E-state index is 11.8. The molecule has 2 heterocycles.